The Morgan fingerprint density at radius 3 is 2.42 bits per heavy atom. The lowest BCUT2D eigenvalue weighted by molar-refractivity contribution is -0.184. The predicted molar refractivity (Wildman–Crippen MR) is 105 cm³/mol. The first kappa shape index (κ1) is 19.8. The van der Waals surface area contributed by atoms with Gasteiger partial charge < -0.3 is 18.6 Å². The van der Waals surface area contributed by atoms with Crippen LogP contribution in [-0.2, 0) is 24.7 Å². The number of carbonyl (C=O) groups excluding carboxylic acids is 3. The fraction of sp³-hybridized carbons (Fsp3) is 0.0455. The van der Waals surface area contributed by atoms with Crippen LogP contribution in [-0.4, -0.2) is 28.4 Å². The highest BCUT2D eigenvalue weighted by molar-refractivity contribution is 6.06. The maximum absolute atomic E-state index is 13.3. The van der Waals surface area contributed by atoms with E-state index in [1.807, 2.05) is 0 Å². The van der Waals surface area contributed by atoms with Gasteiger partial charge in [-0.1, -0.05) is 24.3 Å². The SMILES string of the molecule is O=COC(C(=O)Oc1ccco1)(C(=O)Oc1cccc2cccnc12)c1ccccn1. The molecule has 0 aliphatic rings. The summed E-state index contributed by atoms with van der Waals surface area (Å²) in [5.41, 5.74) is -2.48. The highest BCUT2D eigenvalue weighted by atomic mass is 16.7. The normalized spacial score (nSPS) is 12.5. The number of hydrogen-bond donors (Lipinski definition) is 0. The average molecular weight is 418 g/mol. The molecule has 0 spiro atoms. The van der Waals surface area contributed by atoms with Gasteiger partial charge in [0.05, 0.1) is 6.26 Å². The van der Waals surface area contributed by atoms with Crippen molar-refractivity contribution in [2.24, 2.45) is 0 Å². The number of furan rings is 1. The molecule has 3 aromatic heterocycles. The Bertz CT molecular complexity index is 1220. The standard InChI is InChI=1S/C22H14N2O7/c25-14-29-22(17-9-1-2-11-23-17,21(27)31-18-10-5-13-28-18)20(26)30-16-8-3-6-15-7-4-12-24-19(15)16/h1-14H. The molecule has 3 heterocycles. The average Bonchev–Trinajstić information content (AvgIpc) is 3.31. The Morgan fingerprint density at radius 2 is 1.68 bits per heavy atom. The van der Waals surface area contributed by atoms with E-state index in [4.69, 9.17) is 18.6 Å². The maximum atomic E-state index is 13.3. The van der Waals surface area contributed by atoms with Crippen LogP contribution in [0.1, 0.15) is 5.69 Å². The molecule has 0 aliphatic carbocycles. The minimum absolute atomic E-state index is 0.0549. The van der Waals surface area contributed by atoms with Gasteiger partial charge in [0.2, 0.25) is 0 Å². The van der Waals surface area contributed by atoms with Crippen LogP contribution in [0.3, 0.4) is 0 Å². The second kappa shape index (κ2) is 8.46. The summed E-state index contributed by atoms with van der Waals surface area (Å²) in [6.07, 6.45) is 4.12. The third-order valence-electron chi connectivity index (χ3n) is 4.31. The van der Waals surface area contributed by atoms with E-state index in [2.05, 4.69) is 9.97 Å². The Labute approximate surface area is 175 Å². The van der Waals surface area contributed by atoms with Gasteiger partial charge in [0.15, 0.2) is 5.75 Å². The number of ether oxygens (including phenoxy) is 3. The van der Waals surface area contributed by atoms with Gasteiger partial charge in [0.25, 0.3) is 12.4 Å². The Hall–Kier alpha value is -4.53. The van der Waals surface area contributed by atoms with E-state index in [0.717, 1.165) is 0 Å². The lowest BCUT2D eigenvalue weighted by Gasteiger charge is -2.26. The molecule has 0 saturated heterocycles. The monoisotopic (exact) mass is 418 g/mol. The summed E-state index contributed by atoms with van der Waals surface area (Å²) in [5, 5.41) is 0.700. The van der Waals surface area contributed by atoms with Crippen molar-refractivity contribution in [3.8, 4) is 11.7 Å². The van der Waals surface area contributed by atoms with Crippen molar-refractivity contribution >= 4 is 29.3 Å². The van der Waals surface area contributed by atoms with Gasteiger partial charge >= 0.3 is 17.5 Å². The number of pyridine rings is 2. The van der Waals surface area contributed by atoms with Crippen LogP contribution in [0, 0.1) is 0 Å². The lowest BCUT2D eigenvalue weighted by Crippen LogP contribution is -2.51. The summed E-state index contributed by atoms with van der Waals surface area (Å²) in [5.74, 6) is -2.66. The van der Waals surface area contributed by atoms with Crippen LogP contribution in [0.4, 0.5) is 0 Å². The fourth-order valence-electron chi connectivity index (χ4n) is 2.91. The topological polar surface area (TPSA) is 118 Å². The van der Waals surface area contributed by atoms with Gasteiger partial charge in [-0.05, 0) is 30.3 Å². The number of fused-ring (bicyclic) bond motifs is 1. The van der Waals surface area contributed by atoms with Gasteiger partial charge in [0.1, 0.15) is 11.2 Å². The number of hydrogen-bond acceptors (Lipinski definition) is 9. The van der Waals surface area contributed by atoms with Gasteiger partial charge in [0, 0.05) is 23.8 Å². The Balaban J connectivity index is 1.79. The second-order valence-corrected chi connectivity index (χ2v) is 6.15. The van der Waals surface area contributed by atoms with Crippen molar-refractivity contribution in [1.29, 1.82) is 0 Å². The third-order valence-corrected chi connectivity index (χ3v) is 4.31. The molecule has 0 saturated carbocycles. The molecule has 0 fully saturated rings. The van der Waals surface area contributed by atoms with Crippen molar-refractivity contribution < 1.29 is 33.0 Å². The summed E-state index contributed by atoms with van der Waals surface area (Å²) >= 11 is 0. The summed E-state index contributed by atoms with van der Waals surface area (Å²) in [4.78, 5) is 46.0. The van der Waals surface area contributed by atoms with Crippen molar-refractivity contribution in [3.63, 3.8) is 0 Å². The third kappa shape index (κ3) is 3.71. The second-order valence-electron chi connectivity index (χ2n) is 6.15. The number of para-hydroxylation sites is 1. The summed E-state index contributed by atoms with van der Waals surface area (Å²) in [6.45, 7) is -0.0549. The molecule has 31 heavy (non-hydrogen) atoms. The van der Waals surface area contributed by atoms with E-state index < -0.39 is 17.5 Å². The zero-order chi connectivity index (χ0) is 21.7. The van der Waals surface area contributed by atoms with Gasteiger partial charge in [-0.25, -0.2) is 9.59 Å². The van der Waals surface area contributed by atoms with Gasteiger partial charge in [-0.15, -0.1) is 0 Å². The van der Waals surface area contributed by atoms with Crippen LogP contribution < -0.4 is 9.47 Å². The summed E-state index contributed by atoms with van der Waals surface area (Å²) in [6, 6.07) is 15.7. The molecule has 1 unspecified atom stereocenters. The number of esters is 2. The minimum atomic E-state index is -2.65. The first-order chi connectivity index (χ1) is 15.1. The van der Waals surface area contributed by atoms with Gasteiger partial charge in [-0.2, -0.15) is 0 Å². The maximum Gasteiger partial charge on any atom is 0.376 e. The molecular weight excluding hydrogens is 404 g/mol. The van der Waals surface area contributed by atoms with E-state index in [0.29, 0.717) is 10.9 Å². The molecule has 9 nitrogen and oxygen atoms in total. The minimum Gasteiger partial charge on any atom is -0.434 e. The number of carbonyl (C=O) groups is 3. The van der Waals surface area contributed by atoms with Crippen LogP contribution in [0.2, 0.25) is 0 Å². The number of nitrogens with zero attached hydrogens (tertiary/aromatic N) is 2. The van der Waals surface area contributed by atoms with Crippen molar-refractivity contribution in [2.75, 3.05) is 0 Å². The molecule has 0 aliphatic heterocycles. The first-order valence-electron chi connectivity index (χ1n) is 9.00. The molecule has 154 valence electrons. The van der Waals surface area contributed by atoms with E-state index in [9.17, 15) is 14.4 Å². The van der Waals surface area contributed by atoms with Crippen molar-refractivity contribution in [2.45, 2.75) is 5.60 Å². The smallest absolute Gasteiger partial charge is 0.376 e. The molecule has 0 radical (unpaired) electrons. The molecule has 1 aromatic carbocycles. The quantitative estimate of drug-likeness (QED) is 0.193. The van der Waals surface area contributed by atoms with E-state index >= 15 is 0 Å². The number of aromatic nitrogens is 2. The van der Waals surface area contributed by atoms with Crippen LogP contribution in [0.15, 0.2) is 83.7 Å². The van der Waals surface area contributed by atoms with Crippen LogP contribution >= 0.6 is 0 Å². The van der Waals surface area contributed by atoms with Crippen molar-refractivity contribution in [1.82, 2.24) is 9.97 Å². The molecule has 1 atom stereocenters. The molecule has 0 amide bonds. The van der Waals surface area contributed by atoms with Crippen molar-refractivity contribution in [3.05, 3.63) is 85.0 Å². The molecule has 4 rings (SSSR count). The molecular formula is C22H14N2O7. The zero-order valence-electron chi connectivity index (χ0n) is 15.8. The van der Waals surface area contributed by atoms with Gasteiger partial charge in [-0.3, -0.25) is 14.8 Å². The first-order valence-corrected chi connectivity index (χ1v) is 9.00. The molecule has 9 heteroatoms. The molecule has 0 bridgehead atoms. The number of benzene rings is 1. The largest absolute Gasteiger partial charge is 0.434 e. The van der Waals surface area contributed by atoms with E-state index in [1.165, 1.54) is 49.0 Å². The van der Waals surface area contributed by atoms with Crippen LogP contribution in [0.5, 0.6) is 11.7 Å². The summed E-state index contributed by atoms with van der Waals surface area (Å²) in [7, 11) is 0. The fourth-order valence-corrected chi connectivity index (χ4v) is 2.91. The molecule has 4 aromatic rings. The predicted octanol–water partition coefficient (Wildman–Crippen LogP) is 2.80. The number of rotatable bonds is 7. The Morgan fingerprint density at radius 1 is 0.871 bits per heavy atom. The lowest BCUT2D eigenvalue weighted by atomic mass is 9.98. The summed E-state index contributed by atoms with van der Waals surface area (Å²) < 4.78 is 20.6. The highest BCUT2D eigenvalue weighted by Gasteiger charge is 2.56. The van der Waals surface area contributed by atoms with E-state index in [-0.39, 0.29) is 23.9 Å². The van der Waals surface area contributed by atoms with E-state index in [1.54, 1.807) is 30.3 Å². The Kier molecular flexibility index (Phi) is 5.39. The van der Waals surface area contributed by atoms with Crippen LogP contribution in [0.25, 0.3) is 10.9 Å². The molecule has 0 N–H and O–H groups in total. The highest BCUT2D eigenvalue weighted by Crippen LogP contribution is 2.31. The zero-order valence-corrected chi connectivity index (χ0v) is 15.8.